The molecule has 2 aromatic heterocycles. The van der Waals surface area contributed by atoms with Crippen LogP contribution in [0.25, 0.3) is 0 Å². The number of likely N-dealkylation sites (N-methyl/N-ethyl adjacent to an activating group) is 1. The van der Waals surface area contributed by atoms with E-state index in [0.29, 0.717) is 30.0 Å². The molecule has 33 heavy (non-hydrogen) atoms. The average molecular weight is 458 g/mol. The number of hydrogen-bond donors (Lipinski definition) is 3. The van der Waals surface area contributed by atoms with Gasteiger partial charge in [-0.2, -0.15) is 13.2 Å². The number of amides is 1. The predicted molar refractivity (Wildman–Crippen MR) is 122 cm³/mol. The molecule has 3 N–H and O–H groups in total. The molecule has 0 aliphatic heterocycles. The van der Waals surface area contributed by atoms with Crippen LogP contribution in [0.15, 0.2) is 54.9 Å². The summed E-state index contributed by atoms with van der Waals surface area (Å²) < 4.78 is 40.9. The van der Waals surface area contributed by atoms with Gasteiger partial charge in [0.1, 0.15) is 11.6 Å². The van der Waals surface area contributed by atoms with Gasteiger partial charge in [0.2, 0.25) is 0 Å². The second kappa shape index (κ2) is 10.3. The number of nitrogens with zero attached hydrogens (tertiary/aromatic N) is 3. The van der Waals surface area contributed by atoms with Gasteiger partial charge in [0.05, 0.1) is 16.8 Å². The number of carbonyl (C=O) groups excluding carboxylic acids is 1. The number of halogens is 3. The third-order valence-corrected chi connectivity index (χ3v) is 4.81. The Kier molecular flexibility index (Phi) is 7.49. The van der Waals surface area contributed by atoms with Gasteiger partial charge in [-0.15, -0.1) is 0 Å². The Morgan fingerprint density at radius 1 is 0.970 bits per heavy atom. The molecule has 0 unspecified atom stereocenters. The first-order valence-electron chi connectivity index (χ1n) is 10.2. The summed E-state index contributed by atoms with van der Waals surface area (Å²) >= 11 is 0. The topological polar surface area (TPSA) is 82.2 Å². The Bertz CT molecular complexity index is 1100. The summed E-state index contributed by atoms with van der Waals surface area (Å²) in [6.45, 7) is 0.686. The minimum atomic E-state index is -4.58. The standard InChI is InChI=1S/C23H25F3N6O/c1-27-11-10-15-6-4-5-7-18(15)30-19-12-21(29-14-17(19)23(24,25)26)31-20-9-8-16(13-28-20)22(33)32(2)3/h4-9,12-14,27H,10-11H2,1-3H3,(H2,28,29,30,31). The summed E-state index contributed by atoms with van der Waals surface area (Å²) in [6.07, 6.45) is -1.75. The van der Waals surface area contributed by atoms with Crippen LogP contribution in [0.1, 0.15) is 21.5 Å². The van der Waals surface area contributed by atoms with E-state index in [9.17, 15) is 18.0 Å². The summed E-state index contributed by atoms with van der Waals surface area (Å²) in [7, 11) is 5.08. The van der Waals surface area contributed by atoms with E-state index >= 15 is 0 Å². The molecule has 3 rings (SSSR count). The van der Waals surface area contributed by atoms with Crippen molar-refractivity contribution in [1.29, 1.82) is 0 Å². The van der Waals surface area contributed by atoms with Crippen molar-refractivity contribution in [2.24, 2.45) is 0 Å². The highest BCUT2D eigenvalue weighted by Crippen LogP contribution is 2.37. The molecular formula is C23H25F3N6O. The zero-order chi connectivity index (χ0) is 24.0. The largest absolute Gasteiger partial charge is 0.419 e. The van der Waals surface area contributed by atoms with E-state index in [-0.39, 0.29) is 17.4 Å². The number of benzene rings is 1. The molecule has 0 radical (unpaired) electrons. The molecule has 1 aromatic carbocycles. The lowest BCUT2D eigenvalue weighted by molar-refractivity contribution is -0.137. The molecule has 0 saturated heterocycles. The molecule has 7 nitrogen and oxygen atoms in total. The number of pyridine rings is 2. The Balaban J connectivity index is 1.89. The van der Waals surface area contributed by atoms with Crippen molar-refractivity contribution in [2.45, 2.75) is 12.6 Å². The maximum absolute atomic E-state index is 13.6. The molecule has 0 saturated carbocycles. The summed E-state index contributed by atoms with van der Waals surface area (Å²) in [5.41, 5.74) is 0.855. The van der Waals surface area contributed by atoms with Gasteiger partial charge in [-0.05, 0) is 43.8 Å². The molecule has 2 heterocycles. The van der Waals surface area contributed by atoms with Crippen molar-refractivity contribution in [3.05, 3.63) is 71.5 Å². The van der Waals surface area contributed by atoms with Gasteiger partial charge in [-0.25, -0.2) is 9.97 Å². The van der Waals surface area contributed by atoms with Gasteiger partial charge in [0.25, 0.3) is 5.91 Å². The van der Waals surface area contributed by atoms with E-state index in [0.717, 1.165) is 11.8 Å². The molecule has 174 valence electrons. The molecule has 3 aromatic rings. The fourth-order valence-corrected chi connectivity index (χ4v) is 3.10. The maximum atomic E-state index is 13.6. The molecule has 1 amide bonds. The number of hydrogen-bond acceptors (Lipinski definition) is 6. The number of aromatic nitrogens is 2. The molecular weight excluding hydrogens is 433 g/mol. The zero-order valence-electron chi connectivity index (χ0n) is 18.5. The molecule has 0 aliphatic carbocycles. The molecule has 0 atom stereocenters. The fourth-order valence-electron chi connectivity index (χ4n) is 3.10. The number of alkyl halides is 3. The Morgan fingerprint density at radius 3 is 2.33 bits per heavy atom. The number of para-hydroxylation sites is 1. The summed E-state index contributed by atoms with van der Waals surface area (Å²) in [6, 6.07) is 11.7. The first-order valence-corrected chi connectivity index (χ1v) is 10.2. The lowest BCUT2D eigenvalue weighted by Crippen LogP contribution is -2.21. The third kappa shape index (κ3) is 6.19. The van der Waals surface area contributed by atoms with Crippen LogP contribution in [0, 0.1) is 0 Å². The van der Waals surface area contributed by atoms with Gasteiger partial charge in [-0.3, -0.25) is 4.79 Å². The summed E-state index contributed by atoms with van der Waals surface area (Å²) in [5.74, 6) is 0.320. The number of rotatable bonds is 8. The monoisotopic (exact) mass is 458 g/mol. The zero-order valence-corrected chi connectivity index (χ0v) is 18.5. The van der Waals surface area contributed by atoms with E-state index in [1.54, 1.807) is 38.4 Å². The SMILES string of the molecule is CNCCc1ccccc1Nc1cc(Nc2ccc(C(=O)N(C)C)cn2)ncc1C(F)(F)F. The van der Waals surface area contributed by atoms with E-state index in [1.807, 2.05) is 19.2 Å². The van der Waals surface area contributed by atoms with Crippen LogP contribution in [-0.4, -0.2) is 48.5 Å². The van der Waals surface area contributed by atoms with Crippen LogP contribution in [0.5, 0.6) is 0 Å². The molecule has 0 aliphatic rings. The Hall–Kier alpha value is -3.66. The van der Waals surface area contributed by atoms with Crippen molar-refractivity contribution in [3.63, 3.8) is 0 Å². The summed E-state index contributed by atoms with van der Waals surface area (Å²) in [5, 5.41) is 8.85. The number of anilines is 4. The van der Waals surface area contributed by atoms with Crippen molar-refractivity contribution >= 4 is 28.9 Å². The van der Waals surface area contributed by atoms with Crippen LogP contribution in [0.3, 0.4) is 0 Å². The van der Waals surface area contributed by atoms with Gasteiger partial charge >= 0.3 is 6.18 Å². The Morgan fingerprint density at radius 2 is 1.70 bits per heavy atom. The highest BCUT2D eigenvalue weighted by atomic mass is 19.4. The van der Waals surface area contributed by atoms with Crippen molar-refractivity contribution in [1.82, 2.24) is 20.2 Å². The van der Waals surface area contributed by atoms with Crippen molar-refractivity contribution < 1.29 is 18.0 Å². The Labute approximate surface area is 190 Å². The van der Waals surface area contributed by atoms with E-state index in [4.69, 9.17) is 0 Å². The van der Waals surface area contributed by atoms with Crippen LogP contribution in [0.2, 0.25) is 0 Å². The fraction of sp³-hybridized carbons (Fsp3) is 0.261. The first kappa shape index (κ1) is 24.0. The second-order valence-corrected chi connectivity index (χ2v) is 7.51. The minimum Gasteiger partial charge on any atom is -0.355 e. The normalized spacial score (nSPS) is 11.2. The van der Waals surface area contributed by atoms with Crippen LogP contribution in [0.4, 0.5) is 36.2 Å². The third-order valence-electron chi connectivity index (χ3n) is 4.81. The number of nitrogens with one attached hydrogen (secondary N) is 3. The molecule has 0 fully saturated rings. The van der Waals surface area contributed by atoms with Gasteiger partial charge in [0, 0.05) is 38.2 Å². The first-order chi connectivity index (χ1) is 15.7. The van der Waals surface area contributed by atoms with Crippen LogP contribution in [-0.2, 0) is 12.6 Å². The van der Waals surface area contributed by atoms with Gasteiger partial charge in [-0.1, -0.05) is 18.2 Å². The molecule has 10 heteroatoms. The van der Waals surface area contributed by atoms with E-state index in [2.05, 4.69) is 25.9 Å². The lowest BCUT2D eigenvalue weighted by Gasteiger charge is -2.18. The lowest BCUT2D eigenvalue weighted by atomic mass is 10.1. The highest BCUT2D eigenvalue weighted by molar-refractivity contribution is 5.93. The van der Waals surface area contributed by atoms with Crippen LogP contribution < -0.4 is 16.0 Å². The second-order valence-electron chi connectivity index (χ2n) is 7.51. The molecule has 0 spiro atoms. The maximum Gasteiger partial charge on any atom is 0.419 e. The van der Waals surface area contributed by atoms with E-state index < -0.39 is 11.7 Å². The van der Waals surface area contributed by atoms with Gasteiger partial charge < -0.3 is 20.9 Å². The minimum absolute atomic E-state index is 0.128. The number of carbonyl (C=O) groups is 1. The molecule has 0 bridgehead atoms. The van der Waals surface area contributed by atoms with Crippen LogP contribution >= 0.6 is 0 Å². The predicted octanol–water partition coefficient (Wildman–Crippen LogP) is 4.45. The average Bonchev–Trinajstić information content (AvgIpc) is 2.78. The van der Waals surface area contributed by atoms with Crippen molar-refractivity contribution in [3.8, 4) is 0 Å². The summed E-state index contributed by atoms with van der Waals surface area (Å²) in [4.78, 5) is 21.5. The quantitative estimate of drug-likeness (QED) is 0.463. The smallest absolute Gasteiger partial charge is 0.355 e. The van der Waals surface area contributed by atoms with Gasteiger partial charge in [0.15, 0.2) is 0 Å². The van der Waals surface area contributed by atoms with E-state index in [1.165, 1.54) is 17.2 Å². The highest BCUT2D eigenvalue weighted by Gasteiger charge is 2.34. The van der Waals surface area contributed by atoms with Crippen molar-refractivity contribution in [2.75, 3.05) is 38.3 Å².